The number of aryl methyl sites for hydroxylation is 1. The van der Waals surface area contributed by atoms with E-state index in [2.05, 4.69) is 277 Å². The third-order valence-electron chi connectivity index (χ3n) is 18.0. The minimum Gasteiger partial charge on any atom is -0.456 e. The number of anilines is 3. The fraction of sp³-hybridized carbons (Fsp3) is 0.211. The lowest BCUT2D eigenvalue weighted by Gasteiger charge is -2.43. The van der Waals surface area contributed by atoms with E-state index in [1.807, 2.05) is 11.8 Å². The molecule has 0 aliphatic carbocycles. The summed E-state index contributed by atoms with van der Waals surface area (Å²) in [6.45, 7) is 23.3. The fourth-order valence-electron chi connectivity index (χ4n) is 13.7. The Morgan fingerprint density at radius 1 is 0.451 bits per heavy atom. The third kappa shape index (κ3) is 7.80. The standard InChI is InChI=1S/C76H68BN3OS/c1-11-12-22-47-39-67-71(55-27-18-21-30-66(55)81-67)70(46-23-14-13-15-24-46)73(47)80-64-44-51(78-60-28-19-16-25-53(60)56-40-48(74(2,3)4)31-37-62(56)78)33-35-58(64)77-59-36-34-52(45-68(59)82-69-43-50(76(8,9)10)42-65(80)72(69)77)79-61-29-20-17-26-54(61)57-41-49(75(5,6)7)32-38-63(57)79/h13-21,23-45H,11-12,22H2,1-10H3. The smallest absolute Gasteiger partial charge is 0.249 e. The number of furan rings is 1. The van der Waals surface area contributed by atoms with Crippen LogP contribution >= 0.6 is 11.8 Å². The molecule has 13 aromatic rings. The van der Waals surface area contributed by atoms with Crippen molar-refractivity contribution in [1.82, 2.24) is 9.13 Å². The maximum atomic E-state index is 6.94. The third-order valence-corrected chi connectivity index (χ3v) is 19.1. The Kier molecular flexibility index (Phi) is 11.4. The van der Waals surface area contributed by atoms with Crippen molar-refractivity contribution >= 4 is 117 Å². The van der Waals surface area contributed by atoms with Gasteiger partial charge in [-0.1, -0.05) is 202 Å². The molecule has 2 aliphatic heterocycles. The van der Waals surface area contributed by atoms with Crippen molar-refractivity contribution in [2.75, 3.05) is 4.90 Å². The number of nitrogens with zero attached hydrogens (tertiary/aromatic N) is 3. The first kappa shape index (κ1) is 50.8. The van der Waals surface area contributed by atoms with Gasteiger partial charge in [-0.25, -0.2) is 0 Å². The number of benzene rings is 10. The molecule has 3 aromatic heterocycles. The molecule has 0 fully saturated rings. The molecule has 15 rings (SSSR count). The van der Waals surface area contributed by atoms with E-state index in [1.165, 1.54) is 126 Å². The zero-order valence-corrected chi connectivity index (χ0v) is 49.6. The van der Waals surface area contributed by atoms with Crippen molar-refractivity contribution in [3.63, 3.8) is 0 Å². The molecule has 402 valence electrons. The van der Waals surface area contributed by atoms with E-state index >= 15 is 0 Å². The van der Waals surface area contributed by atoms with Crippen molar-refractivity contribution in [3.05, 3.63) is 216 Å². The second kappa shape index (κ2) is 18.4. The molecule has 10 aromatic carbocycles. The molecule has 2 aliphatic rings. The number of unbranched alkanes of at least 4 members (excludes halogenated alkanes) is 1. The van der Waals surface area contributed by atoms with Crippen LogP contribution in [0.4, 0.5) is 17.1 Å². The summed E-state index contributed by atoms with van der Waals surface area (Å²) in [6.07, 6.45) is 3.02. The van der Waals surface area contributed by atoms with Crippen LogP contribution in [0, 0.1) is 0 Å². The van der Waals surface area contributed by atoms with Crippen LogP contribution < -0.4 is 21.3 Å². The molecule has 0 unspecified atom stereocenters. The van der Waals surface area contributed by atoms with Crippen molar-refractivity contribution in [3.8, 4) is 22.5 Å². The van der Waals surface area contributed by atoms with Gasteiger partial charge in [0.05, 0.1) is 27.8 Å². The maximum Gasteiger partial charge on any atom is 0.249 e. The van der Waals surface area contributed by atoms with Gasteiger partial charge in [-0.2, -0.15) is 0 Å². The number of fused-ring (bicyclic) bond motifs is 13. The summed E-state index contributed by atoms with van der Waals surface area (Å²) < 4.78 is 12.0. The topological polar surface area (TPSA) is 26.2 Å². The summed E-state index contributed by atoms with van der Waals surface area (Å²) >= 11 is 1.95. The van der Waals surface area contributed by atoms with Crippen LogP contribution in [0.25, 0.3) is 88.1 Å². The Morgan fingerprint density at radius 3 is 1.63 bits per heavy atom. The first-order chi connectivity index (χ1) is 39.5. The minimum absolute atomic E-state index is 0.00414. The van der Waals surface area contributed by atoms with Crippen molar-refractivity contribution in [2.24, 2.45) is 0 Å². The second-order valence-electron chi connectivity index (χ2n) is 26.4. The van der Waals surface area contributed by atoms with Crippen LogP contribution in [0.15, 0.2) is 208 Å². The van der Waals surface area contributed by atoms with Crippen LogP contribution in [0.5, 0.6) is 0 Å². The molecule has 0 bridgehead atoms. The van der Waals surface area contributed by atoms with E-state index in [4.69, 9.17) is 4.42 Å². The monoisotopic (exact) mass is 1080 g/mol. The molecule has 0 saturated heterocycles. The zero-order valence-electron chi connectivity index (χ0n) is 48.8. The molecule has 0 spiro atoms. The SMILES string of the molecule is CCCCc1cc2oc3ccccc3c2c(-c2ccccc2)c1N1c2cc(-n3c4ccccc4c4cc(C(C)(C)C)ccc43)ccc2B2c3ccc(-n4c5ccccc5c5cc(C(C)(C)C)ccc54)cc3Sc3cc(C(C)(C)C)cc1c32. The highest BCUT2D eigenvalue weighted by atomic mass is 32.2. The largest absolute Gasteiger partial charge is 0.456 e. The molecule has 5 heterocycles. The Balaban J connectivity index is 1.05. The van der Waals surface area contributed by atoms with Gasteiger partial charge in [0.15, 0.2) is 0 Å². The molecule has 0 saturated carbocycles. The molecule has 0 atom stereocenters. The number of rotatable bonds is 7. The predicted octanol–water partition coefficient (Wildman–Crippen LogP) is 19.4. The summed E-state index contributed by atoms with van der Waals surface area (Å²) in [5.74, 6) is 0. The highest BCUT2D eigenvalue weighted by Crippen LogP contribution is 2.53. The molecule has 0 radical (unpaired) electrons. The predicted molar refractivity (Wildman–Crippen MR) is 352 cm³/mol. The molecular formula is C76H68BN3OS. The summed E-state index contributed by atoms with van der Waals surface area (Å²) in [5.41, 5.74) is 24.3. The van der Waals surface area contributed by atoms with Crippen molar-refractivity contribution in [2.45, 2.75) is 115 Å². The van der Waals surface area contributed by atoms with Crippen LogP contribution in [0.3, 0.4) is 0 Å². The van der Waals surface area contributed by atoms with Gasteiger partial charge in [-0.15, -0.1) is 0 Å². The lowest BCUT2D eigenvalue weighted by Crippen LogP contribution is -2.60. The minimum atomic E-state index is -0.153. The van der Waals surface area contributed by atoms with Gasteiger partial charge >= 0.3 is 0 Å². The van der Waals surface area contributed by atoms with Gasteiger partial charge in [0.25, 0.3) is 0 Å². The van der Waals surface area contributed by atoms with Gasteiger partial charge in [0, 0.05) is 70.4 Å². The van der Waals surface area contributed by atoms with E-state index in [0.29, 0.717) is 0 Å². The van der Waals surface area contributed by atoms with Gasteiger partial charge in [-0.05, 0) is 153 Å². The van der Waals surface area contributed by atoms with Gasteiger partial charge in [-0.3, -0.25) is 0 Å². The molecule has 0 N–H and O–H groups in total. The summed E-state index contributed by atoms with van der Waals surface area (Å²) in [4.78, 5) is 5.34. The number of hydrogen-bond donors (Lipinski definition) is 0. The molecule has 0 amide bonds. The van der Waals surface area contributed by atoms with Gasteiger partial charge in [0.2, 0.25) is 6.71 Å². The average Bonchev–Trinajstić information content (AvgIpc) is 3.37. The lowest BCUT2D eigenvalue weighted by atomic mass is 9.34. The Hall–Kier alpha value is -8.19. The first-order valence-corrected chi connectivity index (χ1v) is 30.4. The van der Waals surface area contributed by atoms with Crippen LogP contribution in [-0.2, 0) is 22.7 Å². The van der Waals surface area contributed by atoms with Crippen molar-refractivity contribution < 1.29 is 4.42 Å². The first-order valence-electron chi connectivity index (χ1n) is 29.6. The highest BCUT2D eigenvalue weighted by molar-refractivity contribution is 8.00. The van der Waals surface area contributed by atoms with Crippen molar-refractivity contribution in [1.29, 1.82) is 0 Å². The average molecular weight is 1080 g/mol. The van der Waals surface area contributed by atoms with Crippen LogP contribution in [0.2, 0.25) is 0 Å². The van der Waals surface area contributed by atoms with Crippen LogP contribution in [-0.4, -0.2) is 15.8 Å². The number of aromatic nitrogens is 2. The van der Waals surface area contributed by atoms with E-state index < -0.39 is 0 Å². The molecule has 6 heteroatoms. The number of para-hydroxylation sites is 3. The van der Waals surface area contributed by atoms with Gasteiger partial charge in [0.1, 0.15) is 11.2 Å². The maximum absolute atomic E-state index is 6.94. The zero-order chi connectivity index (χ0) is 56.1. The molecular weight excluding hydrogens is 1010 g/mol. The summed E-state index contributed by atoms with van der Waals surface area (Å²) in [5, 5.41) is 7.40. The molecule has 4 nitrogen and oxygen atoms in total. The Labute approximate surface area is 486 Å². The second-order valence-corrected chi connectivity index (χ2v) is 27.4. The normalized spacial score (nSPS) is 13.5. The lowest BCUT2D eigenvalue weighted by molar-refractivity contribution is 0.589. The number of hydrogen-bond acceptors (Lipinski definition) is 3. The van der Waals surface area contributed by atoms with Gasteiger partial charge < -0.3 is 18.5 Å². The van der Waals surface area contributed by atoms with E-state index in [9.17, 15) is 0 Å². The van der Waals surface area contributed by atoms with E-state index in [0.717, 1.165) is 46.9 Å². The fourth-order valence-corrected chi connectivity index (χ4v) is 15.0. The van der Waals surface area contributed by atoms with E-state index in [1.54, 1.807) is 0 Å². The highest BCUT2D eigenvalue weighted by Gasteiger charge is 2.44. The molecule has 82 heavy (non-hydrogen) atoms. The van der Waals surface area contributed by atoms with E-state index in [-0.39, 0.29) is 23.0 Å². The Morgan fingerprint density at radius 2 is 1.01 bits per heavy atom. The summed E-state index contributed by atoms with van der Waals surface area (Å²) in [7, 11) is 0. The summed E-state index contributed by atoms with van der Waals surface area (Å²) in [6, 6.07) is 74.3. The quantitative estimate of drug-likeness (QED) is 0.149. The Bertz CT molecular complexity index is 4780. The van der Waals surface area contributed by atoms with Crippen LogP contribution in [0.1, 0.15) is 104 Å².